The Kier molecular flexibility index (Phi) is 4.26. The number of methoxy groups -OCH3 is 1. The highest BCUT2D eigenvalue weighted by atomic mass is 35.5. The van der Waals surface area contributed by atoms with Gasteiger partial charge < -0.3 is 15.2 Å². The summed E-state index contributed by atoms with van der Waals surface area (Å²) in [5.74, 6) is 1.21. The minimum atomic E-state index is 0.201. The molecule has 0 bridgehead atoms. The van der Waals surface area contributed by atoms with Crippen LogP contribution in [0.5, 0.6) is 5.75 Å². The summed E-state index contributed by atoms with van der Waals surface area (Å²) < 4.78 is 10.8. The molecule has 4 heteroatoms. The zero-order chi connectivity index (χ0) is 12.3. The van der Waals surface area contributed by atoms with Gasteiger partial charge in [0, 0.05) is 23.6 Å². The standard InChI is InChI=1S/C13H18ClNO2/c1-16-13-3-2-11(14)7-9(13)6-10-8-17-5-4-12(10)15/h2-3,7,10,12H,4-6,8,15H2,1H3. The van der Waals surface area contributed by atoms with Crippen LogP contribution in [0.4, 0.5) is 0 Å². The lowest BCUT2D eigenvalue weighted by molar-refractivity contribution is 0.0420. The van der Waals surface area contributed by atoms with E-state index in [-0.39, 0.29) is 6.04 Å². The third kappa shape index (κ3) is 3.12. The highest BCUT2D eigenvalue weighted by molar-refractivity contribution is 6.30. The van der Waals surface area contributed by atoms with E-state index in [1.807, 2.05) is 18.2 Å². The SMILES string of the molecule is COc1ccc(Cl)cc1CC1COCCC1N. The van der Waals surface area contributed by atoms with Crippen LogP contribution in [0.3, 0.4) is 0 Å². The molecule has 0 radical (unpaired) electrons. The van der Waals surface area contributed by atoms with Crippen LogP contribution >= 0.6 is 11.6 Å². The quantitative estimate of drug-likeness (QED) is 0.901. The maximum atomic E-state index is 6.10. The first-order chi connectivity index (χ1) is 8.20. The largest absolute Gasteiger partial charge is 0.496 e. The third-order valence-corrected chi connectivity index (χ3v) is 3.49. The monoisotopic (exact) mass is 255 g/mol. The number of benzene rings is 1. The molecule has 1 heterocycles. The van der Waals surface area contributed by atoms with Gasteiger partial charge in [-0.05, 0) is 36.6 Å². The van der Waals surface area contributed by atoms with Gasteiger partial charge in [-0.3, -0.25) is 0 Å². The molecule has 1 aromatic carbocycles. The van der Waals surface area contributed by atoms with Gasteiger partial charge in [-0.25, -0.2) is 0 Å². The Balaban J connectivity index is 2.13. The van der Waals surface area contributed by atoms with Crippen LogP contribution in [-0.4, -0.2) is 26.4 Å². The molecule has 2 rings (SSSR count). The molecule has 17 heavy (non-hydrogen) atoms. The third-order valence-electron chi connectivity index (χ3n) is 3.26. The molecule has 3 nitrogen and oxygen atoms in total. The topological polar surface area (TPSA) is 44.5 Å². The van der Waals surface area contributed by atoms with Gasteiger partial charge in [-0.2, -0.15) is 0 Å². The molecule has 0 spiro atoms. The lowest BCUT2D eigenvalue weighted by Crippen LogP contribution is -2.39. The zero-order valence-corrected chi connectivity index (χ0v) is 10.7. The number of halogens is 1. The Morgan fingerprint density at radius 1 is 1.53 bits per heavy atom. The van der Waals surface area contributed by atoms with Crippen LogP contribution in [-0.2, 0) is 11.2 Å². The molecule has 1 aliphatic heterocycles. The summed E-state index contributed by atoms with van der Waals surface area (Å²) in [6.07, 6.45) is 1.78. The fraction of sp³-hybridized carbons (Fsp3) is 0.538. The van der Waals surface area contributed by atoms with Crippen molar-refractivity contribution in [2.24, 2.45) is 11.7 Å². The summed E-state index contributed by atoms with van der Waals surface area (Å²) in [5.41, 5.74) is 7.21. The van der Waals surface area contributed by atoms with E-state index in [0.717, 1.165) is 42.4 Å². The molecule has 1 fully saturated rings. The van der Waals surface area contributed by atoms with Gasteiger partial charge in [-0.1, -0.05) is 11.6 Å². The van der Waals surface area contributed by atoms with Gasteiger partial charge in [0.15, 0.2) is 0 Å². The van der Waals surface area contributed by atoms with Crippen molar-refractivity contribution in [2.75, 3.05) is 20.3 Å². The van der Waals surface area contributed by atoms with Gasteiger partial charge in [-0.15, -0.1) is 0 Å². The fourth-order valence-corrected chi connectivity index (χ4v) is 2.41. The fourth-order valence-electron chi connectivity index (χ4n) is 2.21. The first-order valence-corrected chi connectivity index (χ1v) is 6.24. The molecule has 0 aliphatic carbocycles. The molecule has 2 unspecified atom stereocenters. The Labute approximate surface area is 107 Å². The van der Waals surface area contributed by atoms with Crippen molar-refractivity contribution in [1.29, 1.82) is 0 Å². The molecular weight excluding hydrogens is 238 g/mol. The van der Waals surface area contributed by atoms with Crippen molar-refractivity contribution in [2.45, 2.75) is 18.9 Å². The van der Waals surface area contributed by atoms with Crippen LogP contribution in [0.25, 0.3) is 0 Å². The van der Waals surface area contributed by atoms with Crippen LogP contribution in [0.15, 0.2) is 18.2 Å². The van der Waals surface area contributed by atoms with Crippen LogP contribution in [0.2, 0.25) is 5.02 Å². The molecule has 0 saturated carbocycles. The maximum Gasteiger partial charge on any atom is 0.122 e. The van der Waals surface area contributed by atoms with Gasteiger partial charge >= 0.3 is 0 Å². The summed E-state index contributed by atoms with van der Waals surface area (Å²) in [4.78, 5) is 0. The molecule has 1 saturated heterocycles. The Hall–Kier alpha value is -0.770. The number of nitrogens with two attached hydrogens (primary N) is 1. The van der Waals surface area contributed by atoms with Crippen molar-refractivity contribution in [1.82, 2.24) is 0 Å². The Morgan fingerprint density at radius 2 is 2.35 bits per heavy atom. The van der Waals surface area contributed by atoms with Gasteiger partial charge in [0.2, 0.25) is 0 Å². The lowest BCUT2D eigenvalue weighted by atomic mass is 9.90. The number of rotatable bonds is 3. The summed E-state index contributed by atoms with van der Waals surface area (Å²) >= 11 is 6.01. The number of hydrogen-bond acceptors (Lipinski definition) is 3. The molecule has 1 aliphatic rings. The van der Waals surface area contributed by atoms with Crippen LogP contribution in [0.1, 0.15) is 12.0 Å². The van der Waals surface area contributed by atoms with E-state index in [4.69, 9.17) is 26.8 Å². The molecule has 2 N–H and O–H groups in total. The van der Waals surface area contributed by atoms with Crippen molar-refractivity contribution < 1.29 is 9.47 Å². The van der Waals surface area contributed by atoms with E-state index in [2.05, 4.69) is 0 Å². The van der Waals surface area contributed by atoms with Crippen molar-refractivity contribution in [3.05, 3.63) is 28.8 Å². The van der Waals surface area contributed by atoms with Crippen molar-refractivity contribution in [3.8, 4) is 5.75 Å². The minimum absolute atomic E-state index is 0.201. The Bertz CT molecular complexity index is 384. The van der Waals surface area contributed by atoms with E-state index >= 15 is 0 Å². The molecule has 94 valence electrons. The van der Waals surface area contributed by atoms with Crippen molar-refractivity contribution in [3.63, 3.8) is 0 Å². The van der Waals surface area contributed by atoms with Gasteiger partial charge in [0.05, 0.1) is 13.7 Å². The Morgan fingerprint density at radius 3 is 3.06 bits per heavy atom. The van der Waals surface area contributed by atoms with E-state index in [0.29, 0.717) is 5.92 Å². The predicted molar refractivity (Wildman–Crippen MR) is 68.6 cm³/mol. The number of hydrogen-bond donors (Lipinski definition) is 1. The second kappa shape index (κ2) is 5.71. The van der Waals surface area contributed by atoms with Gasteiger partial charge in [0.25, 0.3) is 0 Å². The zero-order valence-electron chi connectivity index (χ0n) is 9.99. The van der Waals surface area contributed by atoms with Crippen LogP contribution < -0.4 is 10.5 Å². The van der Waals surface area contributed by atoms with Gasteiger partial charge in [0.1, 0.15) is 5.75 Å². The predicted octanol–water partition coefficient (Wildman–Crippen LogP) is 2.25. The smallest absolute Gasteiger partial charge is 0.122 e. The first-order valence-electron chi connectivity index (χ1n) is 5.86. The highest BCUT2D eigenvalue weighted by Gasteiger charge is 2.23. The molecule has 0 aromatic heterocycles. The van der Waals surface area contributed by atoms with E-state index < -0.39 is 0 Å². The second-order valence-corrected chi connectivity index (χ2v) is 4.88. The molecular formula is C13H18ClNO2. The number of ether oxygens (including phenoxy) is 2. The minimum Gasteiger partial charge on any atom is -0.496 e. The van der Waals surface area contributed by atoms with E-state index in [1.165, 1.54) is 0 Å². The average molecular weight is 256 g/mol. The van der Waals surface area contributed by atoms with Crippen molar-refractivity contribution >= 4 is 11.6 Å². The summed E-state index contributed by atoms with van der Waals surface area (Å²) in [6.45, 7) is 1.49. The van der Waals surface area contributed by atoms with E-state index in [1.54, 1.807) is 7.11 Å². The molecule has 2 atom stereocenters. The first kappa shape index (κ1) is 12.7. The summed E-state index contributed by atoms with van der Waals surface area (Å²) in [5, 5.41) is 0.728. The summed E-state index contributed by atoms with van der Waals surface area (Å²) in [6, 6.07) is 5.88. The second-order valence-electron chi connectivity index (χ2n) is 4.45. The summed E-state index contributed by atoms with van der Waals surface area (Å²) in [7, 11) is 1.67. The lowest BCUT2D eigenvalue weighted by Gasteiger charge is -2.29. The maximum absolute atomic E-state index is 6.10. The van der Waals surface area contributed by atoms with E-state index in [9.17, 15) is 0 Å². The van der Waals surface area contributed by atoms with Crippen LogP contribution in [0, 0.1) is 5.92 Å². The molecule has 1 aromatic rings. The highest BCUT2D eigenvalue weighted by Crippen LogP contribution is 2.27. The normalized spacial score (nSPS) is 24.6. The average Bonchev–Trinajstić information content (AvgIpc) is 2.32. The molecule has 0 amide bonds.